The topological polar surface area (TPSA) is 63.7 Å². The van der Waals surface area contributed by atoms with E-state index < -0.39 is 0 Å². The Labute approximate surface area is 208 Å². The van der Waals surface area contributed by atoms with Gasteiger partial charge < -0.3 is 4.74 Å². The van der Waals surface area contributed by atoms with Crippen LogP contribution < -0.4 is 4.74 Å². The van der Waals surface area contributed by atoms with Crippen molar-refractivity contribution in [2.45, 2.75) is 20.3 Å². The zero-order valence-electron chi connectivity index (χ0n) is 19.6. The maximum absolute atomic E-state index is 10.0. The molecular weight excluding hydrogens is 452 g/mol. The van der Waals surface area contributed by atoms with Crippen molar-refractivity contribution in [3.63, 3.8) is 0 Å². The number of rotatable bonds is 7. The molecule has 0 amide bonds. The van der Waals surface area contributed by atoms with Gasteiger partial charge in [0.2, 0.25) is 0 Å². The predicted octanol–water partition coefficient (Wildman–Crippen LogP) is 7.31. The van der Waals surface area contributed by atoms with E-state index in [0.29, 0.717) is 17.2 Å². The summed E-state index contributed by atoms with van der Waals surface area (Å²) in [6, 6.07) is 26.3. The van der Waals surface area contributed by atoms with Crippen molar-refractivity contribution in [2.75, 3.05) is 6.61 Å². The highest BCUT2D eigenvalue weighted by molar-refractivity contribution is 7.19. The summed E-state index contributed by atoms with van der Waals surface area (Å²) in [5, 5.41) is 15.7. The molecule has 35 heavy (non-hydrogen) atoms. The summed E-state index contributed by atoms with van der Waals surface area (Å²) in [6.07, 6.45) is 4.82. The first-order valence-corrected chi connectivity index (χ1v) is 12.3. The summed E-state index contributed by atoms with van der Waals surface area (Å²) in [6.45, 7) is 4.83. The molecule has 0 radical (unpaired) electrons. The van der Waals surface area contributed by atoms with Crippen molar-refractivity contribution in [3.05, 3.63) is 95.1 Å². The molecule has 0 aliphatic rings. The van der Waals surface area contributed by atoms with E-state index >= 15 is 0 Å². The van der Waals surface area contributed by atoms with Crippen LogP contribution in [0.2, 0.25) is 0 Å². The molecule has 0 bridgehead atoms. The average molecular weight is 477 g/mol. The maximum Gasteiger partial charge on any atom is 0.135 e. The van der Waals surface area contributed by atoms with E-state index in [-0.39, 0.29) is 0 Å². The molecule has 0 aliphatic carbocycles. The second-order valence-corrected chi connectivity index (χ2v) is 9.23. The van der Waals surface area contributed by atoms with Gasteiger partial charge >= 0.3 is 0 Å². The third-order valence-corrected chi connectivity index (χ3v) is 6.70. The number of hydrogen-bond acceptors (Lipinski definition) is 5. The molecule has 0 spiro atoms. The Morgan fingerprint density at radius 1 is 1.09 bits per heavy atom. The number of ether oxygens (including phenoxy) is 1. The SMILES string of the molecule is CCCOc1ccc(-c2nn(-c3ccccc3)cc2C=C(C#N)c2nc3ccccc3s2)c(C)c1. The zero-order valence-corrected chi connectivity index (χ0v) is 20.4. The molecule has 5 aromatic rings. The zero-order chi connectivity index (χ0) is 24.2. The molecular formula is C29H24N4OS. The van der Waals surface area contributed by atoms with Crippen LogP contribution in [0.15, 0.2) is 79.0 Å². The molecule has 0 saturated heterocycles. The summed E-state index contributed by atoms with van der Waals surface area (Å²) < 4.78 is 8.73. The van der Waals surface area contributed by atoms with Crippen LogP contribution in [-0.2, 0) is 0 Å². The molecule has 0 unspecified atom stereocenters. The highest BCUT2D eigenvalue weighted by Crippen LogP contribution is 2.33. The van der Waals surface area contributed by atoms with E-state index in [4.69, 9.17) is 9.84 Å². The highest BCUT2D eigenvalue weighted by Gasteiger charge is 2.16. The first-order valence-electron chi connectivity index (χ1n) is 11.5. The molecule has 0 N–H and O–H groups in total. The summed E-state index contributed by atoms with van der Waals surface area (Å²) >= 11 is 1.52. The number of allylic oxidation sites excluding steroid dienone is 1. The summed E-state index contributed by atoms with van der Waals surface area (Å²) in [7, 11) is 0. The fraction of sp³-hybridized carbons (Fsp3) is 0.138. The smallest absolute Gasteiger partial charge is 0.135 e. The van der Waals surface area contributed by atoms with Crippen LogP contribution in [-0.4, -0.2) is 21.4 Å². The number of fused-ring (bicyclic) bond motifs is 1. The van der Waals surface area contributed by atoms with Crippen molar-refractivity contribution < 1.29 is 4.74 Å². The lowest BCUT2D eigenvalue weighted by Gasteiger charge is -2.09. The van der Waals surface area contributed by atoms with Gasteiger partial charge in [-0.05, 0) is 67.4 Å². The van der Waals surface area contributed by atoms with Crippen LogP contribution in [0.1, 0.15) is 29.5 Å². The number of para-hydroxylation sites is 2. The molecule has 2 heterocycles. The van der Waals surface area contributed by atoms with Crippen LogP contribution in [0.4, 0.5) is 0 Å². The Bertz CT molecular complexity index is 1520. The lowest BCUT2D eigenvalue weighted by Crippen LogP contribution is -1.97. The van der Waals surface area contributed by atoms with Gasteiger partial charge in [-0.3, -0.25) is 0 Å². The maximum atomic E-state index is 10.0. The van der Waals surface area contributed by atoms with Gasteiger partial charge in [0.15, 0.2) is 0 Å². The predicted molar refractivity (Wildman–Crippen MR) is 143 cm³/mol. The van der Waals surface area contributed by atoms with Gasteiger partial charge in [-0.25, -0.2) is 9.67 Å². The Morgan fingerprint density at radius 3 is 2.63 bits per heavy atom. The quantitative estimate of drug-likeness (QED) is 0.231. The summed E-state index contributed by atoms with van der Waals surface area (Å²) in [4.78, 5) is 4.69. The van der Waals surface area contributed by atoms with Gasteiger partial charge in [-0.1, -0.05) is 37.3 Å². The van der Waals surface area contributed by atoms with Gasteiger partial charge in [0.05, 0.1) is 28.1 Å². The van der Waals surface area contributed by atoms with Crippen molar-refractivity contribution >= 4 is 33.2 Å². The number of thiazole rings is 1. The van der Waals surface area contributed by atoms with Gasteiger partial charge in [0, 0.05) is 17.3 Å². The molecule has 0 atom stereocenters. The normalized spacial score (nSPS) is 11.5. The number of nitriles is 1. The van der Waals surface area contributed by atoms with E-state index in [1.807, 2.05) is 89.8 Å². The second kappa shape index (κ2) is 9.96. The van der Waals surface area contributed by atoms with Crippen LogP contribution in [0.3, 0.4) is 0 Å². The number of hydrogen-bond donors (Lipinski definition) is 0. The van der Waals surface area contributed by atoms with Crippen molar-refractivity contribution in [1.82, 2.24) is 14.8 Å². The monoisotopic (exact) mass is 476 g/mol. The molecule has 5 nitrogen and oxygen atoms in total. The van der Waals surface area contributed by atoms with Crippen molar-refractivity contribution in [3.8, 4) is 28.8 Å². The lowest BCUT2D eigenvalue weighted by atomic mass is 10.0. The standard InChI is InChI=1S/C29H24N4OS/c1-3-15-34-24-13-14-25(20(2)16-24)28-22(19-33(32-28)23-9-5-4-6-10-23)17-21(18-30)29-31-26-11-7-8-12-27(26)35-29/h4-14,16-17,19H,3,15H2,1-2H3. The van der Waals surface area contributed by atoms with Gasteiger partial charge in [0.1, 0.15) is 22.5 Å². The third-order valence-electron chi connectivity index (χ3n) is 5.63. The minimum absolute atomic E-state index is 0.514. The summed E-state index contributed by atoms with van der Waals surface area (Å²) in [5.74, 6) is 0.847. The molecule has 6 heteroatoms. The van der Waals surface area contributed by atoms with E-state index in [2.05, 4.69) is 24.9 Å². The minimum Gasteiger partial charge on any atom is -0.494 e. The van der Waals surface area contributed by atoms with Crippen LogP contribution in [0.5, 0.6) is 5.75 Å². The number of aryl methyl sites for hydroxylation is 1. The first kappa shape index (κ1) is 22.6. The average Bonchev–Trinajstić information content (AvgIpc) is 3.51. The Morgan fingerprint density at radius 2 is 1.89 bits per heavy atom. The fourth-order valence-corrected chi connectivity index (χ4v) is 4.84. The Hall–Kier alpha value is -4.21. The van der Waals surface area contributed by atoms with E-state index in [1.54, 1.807) is 0 Å². The molecule has 3 aromatic carbocycles. The lowest BCUT2D eigenvalue weighted by molar-refractivity contribution is 0.317. The highest BCUT2D eigenvalue weighted by atomic mass is 32.1. The molecule has 0 saturated carbocycles. The molecule has 172 valence electrons. The first-order chi connectivity index (χ1) is 17.2. The number of benzene rings is 3. The van der Waals surface area contributed by atoms with Crippen LogP contribution >= 0.6 is 11.3 Å². The van der Waals surface area contributed by atoms with E-state index in [0.717, 1.165) is 50.5 Å². The van der Waals surface area contributed by atoms with Crippen LogP contribution in [0, 0.1) is 18.3 Å². The number of aromatic nitrogens is 3. The number of nitrogens with zero attached hydrogens (tertiary/aromatic N) is 4. The fourth-order valence-electron chi connectivity index (χ4n) is 3.91. The van der Waals surface area contributed by atoms with E-state index in [9.17, 15) is 5.26 Å². The van der Waals surface area contributed by atoms with Gasteiger partial charge in [-0.2, -0.15) is 10.4 Å². The van der Waals surface area contributed by atoms with Gasteiger partial charge in [-0.15, -0.1) is 11.3 Å². The molecule has 0 fully saturated rings. The van der Waals surface area contributed by atoms with Crippen molar-refractivity contribution in [2.24, 2.45) is 0 Å². The van der Waals surface area contributed by atoms with E-state index in [1.165, 1.54) is 11.3 Å². The second-order valence-electron chi connectivity index (χ2n) is 8.19. The van der Waals surface area contributed by atoms with Crippen molar-refractivity contribution in [1.29, 1.82) is 5.26 Å². The van der Waals surface area contributed by atoms with Crippen LogP contribution in [0.25, 0.3) is 38.8 Å². The Balaban J connectivity index is 1.63. The third kappa shape index (κ3) is 4.72. The molecule has 5 rings (SSSR count). The molecule has 2 aromatic heterocycles. The van der Waals surface area contributed by atoms with Gasteiger partial charge in [0.25, 0.3) is 0 Å². The largest absolute Gasteiger partial charge is 0.494 e. The summed E-state index contributed by atoms with van der Waals surface area (Å²) in [5.41, 5.74) is 6.08. The Kier molecular flexibility index (Phi) is 6.42. The molecule has 0 aliphatic heterocycles. The minimum atomic E-state index is 0.514.